The van der Waals surface area contributed by atoms with Crippen molar-refractivity contribution >= 4 is 10.0 Å². The van der Waals surface area contributed by atoms with E-state index >= 15 is 0 Å². The standard InChI is InChI=1S/C13H20N2O4S/c1-19-12-6-5-11(10-16)9-13(12)20(17,18)14-15-7-3-2-4-8-15/h5-6,9,14,16H,2-4,7-8,10H2,1H3. The van der Waals surface area contributed by atoms with Crippen LogP contribution >= 0.6 is 0 Å². The van der Waals surface area contributed by atoms with Crippen molar-refractivity contribution in [2.75, 3.05) is 20.2 Å². The van der Waals surface area contributed by atoms with Gasteiger partial charge in [0.1, 0.15) is 10.6 Å². The van der Waals surface area contributed by atoms with Gasteiger partial charge in [-0.1, -0.05) is 12.5 Å². The molecule has 1 aliphatic rings. The van der Waals surface area contributed by atoms with E-state index in [1.54, 1.807) is 17.1 Å². The second-order valence-corrected chi connectivity index (χ2v) is 6.42. The summed E-state index contributed by atoms with van der Waals surface area (Å²) in [6, 6.07) is 4.63. The van der Waals surface area contributed by atoms with Crippen LogP contribution in [0.15, 0.2) is 23.1 Å². The number of hydrogen-bond donors (Lipinski definition) is 2. The number of rotatable bonds is 5. The van der Waals surface area contributed by atoms with Gasteiger partial charge in [0, 0.05) is 13.1 Å². The van der Waals surface area contributed by atoms with E-state index in [2.05, 4.69) is 4.83 Å². The molecular weight excluding hydrogens is 280 g/mol. The number of nitrogens with one attached hydrogen (secondary N) is 1. The minimum absolute atomic E-state index is 0.0529. The molecule has 6 nitrogen and oxygen atoms in total. The molecule has 0 bridgehead atoms. The first-order chi connectivity index (χ1) is 9.56. The predicted octanol–water partition coefficient (Wildman–Crippen LogP) is 0.867. The van der Waals surface area contributed by atoms with Crippen molar-refractivity contribution in [1.29, 1.82) is 0 Å². The maximum absolute atomic E-state index is 12.4. The molecule has 2 N–H and O–H groups in total. The van der Waals surface area contributed by atoms with E-state index in [0.29, 0.717) is 18.7 Å². The Balaban J connectivity index is 2.27. The number of benzene rings is 1. The van der Waals surface area contributed by atoms with Crippen molar-refractivity contribution < 1.29 is 18.3 Å². The molecule has 0 spiro atoms. The monoisotopic (exact) mass is 300 g/mol. The highest BCUT2D eigenvalue weighted by molar-refractivity contribution is 7.89. The first-order valence-electron chi connectivity index (χ1n) is 6.62. The van der Waals surface area contributed by atoms with Crippen LogP contribution in [0.25, 0.3) is 0 Å². The van der Waals surface area contributed by atoms with Gasteiger partial charge < -0.3 is 9.84 Å². The zero-order valence-corrected chi connectivity index (χ0v) is 12.3. The fourth-order valence-electron chi connectivity index (χ4n) is 2.23. The minimum Gasteiger partial charge on any atom is -0.495 e. The quantitative estimate of drug-likeness (QED) is 0.843. The highest BCUT2D eigenvalue weighted by atomic mass is 32.2. The number of ether oxygens (including phenoxy) is 1. The van der Waals surface area contributed by atoms with E-state index in [-0.39, 0.29) is 17.3 Å². The number of aliphatic hydroxyl groups is 1. The van der Waals surface area contributed by atoms with E-state index < -0.39 is 10.0 Å². The largest absolute Gasteiger partial charge is 0.495 e. The van der Waals surface area contributed by atoms with Crippen LogP contribution in [0.4, 0.5) is 0 Å². The summed E-state index contributed by atoms with van der Waals surface area (Å²) in [6.07, 6.45) is 3.09. The Morgan fingerprint density at radius 2 is 2.00 bits per heavy atom. The molecule has 0 saturated carbocycles. The smallest absolute Gasteiger partial charge is 0.257 e. The average molecular weight is 300 g/mol. The van der Waals surface area contributed by atoms with Crippen LogP contribution in [-0.2, 0) is 16.6 Å². The van der Waals surface area contributed by atoms with Crippen molar-refractivity contribution in [3.8, 4) is 5.75 Å². The average Bonchev–Trinajstić information content (AvgIpc) is 2.47. The molecule has 0 atom stereocenters. The molecule has 0 radical (unpaired) electrons. The first-order valence-corrected chi connectivity index (χ1v) is 8.10. The molecule has 1 aliphatic heterocycles. The van der Waals surface area contributed by atoms with Crippen molar-refractivity contribution in [3.05, 3.63) is 23.8 Å². The molecule has 1 saturated heterocycles. The van der Waals surface area contributed by atoms with Crippen LogP contribution < -0.4 is 9.57 Å². The third kappa shape index (κ3) is 3.49. The third-order valence-corrected chi connectivity index (χ3v) is 4.70. The lowest BCUT2D eigenvalue weighted by Gasteiger charge is -2.26. The normalized spacial score (nSPS) is 17.1. The number of sulfonamides is 1. The molecule has 0 amide bonds. The lowest BCUT2D eigenvalue weighted by atomic mass is 10.2. The number of hydrazine groups is 1. The maximum atomic E-state index is 12.4. The van der Waals surface area contributed by atoms with Gasteiger partial charge in [-0.15, -0.1) is 4.83 Å². The van der Waals surface area contributed by atoms with Crippen LogP contribution in [0.2, 0.25) is 0 Å². The van der Waals surface area contributed by atoms with Crippen LogP contribution in [-0.4, -0.2) is 38.7 Å². The van der Waals surface area contributed by atoms with E-state index in [1.165, 1.54) is 13.2 Å². The predicted molar refractivity (Wildman–Crippen MR) is 74.7 cm³/mol. The van der Waals surface area contributed by atoms with Crippen molar-refractivity contribution in [2.45, 2.75) is 30.8 Å². The van der Waals surface area contributed by atoms with Gasteiger partial charge in [0.2, 0.25) is 0 Å². The molecule has 0 aromatic heterocycles. The molecule has 1 aromatic rings. The Bertz CT molecular complexity index is 553. The topological polar surface area (TPSA) is 78.9 Å². The molecule has 2 rings (SSSR count). The Morgan fingerprint density at radius 1 is 1.30 bits per heavy atom. The summed E-state index contributed by atoms with van der Waals surface area (Å²) in [5.74, 6) is 0.270. The lowest BCUT2D eigenvalue weighted by Crippen LogP contribution is -2.44. The van der Waals surface area contributed by atoms with Gasteiger partial charge in [0.15, 0.2) is 0 Å². The molecule has 7 heteroatoms. The second kappa shape index (κ2) is 6.53. The van der Waals surface area contributed by atoms with Crippen molar-refractivity contribution in [2.24, 2.45) is 0 Å². The molecule has 0 aliphatic carbocycles. The van der Waals surface area contributed by atoms with Crippen LogP contribution in [0.1, 0.15) is 24.8 Å². The number of nitrogens with zero attached hydrogens (tertiary/aromatic N) is 1. The highest BCUT2D eigenvalue weighted by Gasteiger charge is 2.23. The van der Waals surface area contributed by atoms with Gasteiger partial charge in [-0.25, -0.2) is 13.4 Å². The number of methoxy groups -OCH3 is 1. The van der Waals surface area contributed by atoms with E-state index in [9.17, 15) is 8.42 Å². The number of hydrogen-bond acceptors (Lipinski definition) is 5. The SMILES string of the molecule is COc1ccc(CO)cc1S(=O)(=O)NN1CCCCC1. The lowest BCUT2D eigenvalue weighted by molar-refractivity contribution is 0.199. The Labute approximate surface area is 119 Å². The summed E-state index contributed by atoms with van der Waals surface area (Å²) in [6.45, 7) is 1.21. The highest BCUT2D eigenvalue weighted by Crippen LogP contribution is 2.25. The Morgan fingerprint density at radius 3 is 2.60 bits per heavy atom. The van der Waals surface area contributed by atoms with Gasteiger partial charge in [-0.3, -0.25) is 0 Å². The summed E-state index contributed by atoms with van der Waals surface area (Å²) < 4.78 is 30.0. The minimum atomic E-state index is -3.70. The molecular formula is C13H20N2O4S. The van der Waals surface area contributed by atoms with E-state index in [0.717, 1.165) is 19.3 Å². The fourth-order valence-corrected chi connectivity index (χ4v) is 3.58. The summed E-state index contributed by atoms with van der Waals surface area (Å²) in [7, 11) is -2.27. The van der Waals surface area contributed by atoms with Crippen molar-refractivity contribution in [1.82, 2.24) is 9.84 Å². The summed E-state index contributed by atoms with van der Waals surface area (Å²) in [4.78, 5) is 2.63. The summed E-state index contributed by atoms with van der Waals surface area (Å²) in [5.41, 5.74) is 0.532. The summed E-state index contributed by atoms with van der Waals surface area (Å²) in [5, 5.41) is 10.9. The molecule has 1 aromatic carbocycles. The maximum Gasteiger partial charge on any atom is 0.257 e. The van der Waals surface area contributed by atoms with E-state index in [4.69, 9.17) is 9.84 Å². The van der Waals surface area contributed by atoms with E-state index in [1.807, 2.05) is 0 Å². The molecule has 1 heterocycles. The van der Waals surface area contributed by atoms with Crippen molar-refractivity contribution in [3.63, 3.8) is 0 Å². The first kappa shape index (κ1) is 15.2. The van der Waals surface area contributed by atoms with Crippen LogP contribution in [0.3, 0.4) is 0 Å². The zero-order valence-electron chi connectivity index (χ0n) is 11.5. The van der Waals surface area contributed by atoms with Gasteiger partial charge in [0.05, 0.1) is 13.7 Å². The van der Waals surface area contributed by atoms with Gasteiger partial charge in [-0.2, -0.15) is 0 Å². The Hall–Kier alpha value is -1.15. The molecule has 1 fully saturated rings. The number of aliphatic hydroxyl groups excluding tert-OH is 1. The second-order valence-electron chi connectivity index (χ2n) is 4.79. The fraction of sp³-hybridized carbons (Fsp3) is 0.538. The number of piperidine rings is 1. The third-order valence-electron chi connectivity index (χ3n) is 3.31. The van der Waals surface area contributed by atoms with Crippen LogP contribution in [0, 0.1) is 0 Å². The van der Waals surface area contributed by atoms with Gasteiger partial charge in [0.25, 0.3) is 10.0 Å². The van der Waals surface area contributed by atoms with Gasteiger partial charge >= 0.3 is 0 Å². The Kier molecular flexibility index (Phi) is 4.98. The molecule has 0 unspecified atom stereocenters. The van der Waals surface area contributed by atoms with Crippen LogP contribution in [0.5, 0.6) is 5.75 Å². The van der Waals surface area contributed by atoms with Gasteiger partial charge in [-0.05, 0) is 30.5 Å². The molecule has 20 heavy (non-hydrogen) atoms. The summed E-state index contributed by atoms with van der Waals surface area (Å²) >= 11 is 0. The molecule has 112 valence electrons. The zero-order chi connectivity index (χ0) is 14.6.